The lowest BCUT2D eigenvalue weighted by Crippen LogP contribution is -2.32. The van der Waals surface area contributed by atoms with Crippen LogP contribution in [0.25, 0.3) is 0 Å². The lowest BCUT2D eigenvalue weighted by molar-refractivity contribution is -0.134. The molecule has 0 unspecified atom stereocenters. The van der Waals surface area contributed by atoms with Crippen molar-refractivity contribution >= 4 is 5.97 Å². The highest BCUT2D eigenvalue weighted by molar-refractivity contribution is 5.62. The Morgan fingerprint density at radius 2 is 0.744 bits per heavy atom. The van der Waals surface area contributed by atoms with Gasteiger partial charge in [0.2, 0.25) is 0 Å². The third kappa shape index (κ3) is 50.6. The van der Waals surface area contributed by atoms with Crippen LogP contribution in [0.3, 0.4) is 0 Å². The molecule has 0 rings (SSSR count). The summed E-state index contributed by atoms with van der Waals surface area (Å²) in [5.74, 6) is -0.833. The van der Waals surface area contributed by atoms with Gasteiger partial charge in [0.15, 0.2) is 0 Å². The van der Waals surface area contributed by atoms with Crippen LogP contribution in [0.15, 0.2) is 0 Å². The zero-order valence-corrected chi connectivity index (χ0v) is 26.4. The lowest BCUT2D eigenvalue weighted by Gasteiger charge is -2.17. The van der Waals surface area contributed by atoms with Crippen molar-refractivity contribution in [2.45, 2.75) is 149 Å². The van der Waals surface area contributed by atoms with Crippen LogP contribution in [0.5, 0.6) is 0 Å². The Morgan fingerprint density at radius 1 is 0.513 bits per heavy atom. The van der Waals surface area contributed by atoms with Crippen molar-refractivity contribution < 1.29 is 30.0 Å². The minimum absolute atomic E-state index is 0.0694. The Kier molecular flexibility index (Phi) is 45.7. The first-order valence-corrected chi connectivity index (χ1v) is 16.3. The van der Waals surface area contributed by atoms with Crippen molar-refractivity contribution in [3.05, 3.63) is 0 Å². The van der Waals surface area contributed by atoms with Crippen LogP contribution < -0.4 is 0 Å². The minimum atomic E-state index is -0.833. The van der Waals surface area contributed by atoms with Crippen molar-refractivity contribution in [1.29, 1.82) is 0 Å². The Morgan fingerprint density at radius 3 is 0.974 bits per heavy atom. The summed E-state index contributed by atoms with van der Waals surface area (Å²) in [5, 5.41) is 32.9. The van der Waals surface area contributed by atoms with Gasteiger partial charge in [0.1, 0.15) is 0 Å². The van der Waals surface area contributed by atoms with E-state index < -0.39 is 5.97 Å². The van der Waals surface area contributed by atoms with Gasteiger partial charge in [-0.05, 0) is 12.8 Å². The molecule has 0 spiro atoms. The van der Waals surface area contributed by atoms with Crippen molar-refractivity contribution in [2.75, 3.05) is 52.7 Å². The van der Waals surface area contributed by atoms with Crippen molar-refractivity contribution in [3.8, 4) is 0 Å². The standard InChI is InChI=1S/C24H50O.C6H15NO3.C2H4O2/c1-3-5-7-9-11-13-15-17-19-21-23-25-24-22-20-18-16-14-12-10-8-6-4-2;8-4-1-7(2-5-9)3-6-10;1-2(3)4/h3-24H2,1-2H3;8-10H,1-6H2;1H3,(H,3,4). The number of aliphatic carboxylic acids is 1. The van der Waals surface area contributed by atoms with Gasteiger partial charge in [0, 0.05) is 39.8 Å². The second kappa shape index (κ2) is 41.7. The van der Waals surface area contributed by atoms with Gasteiger partial charge in [-0.2, -0.15) is 0 Å². The van der Waals surface area contributed by atoms with E-state index in [-0.39, 0.29) is 19.8 Å². The zero-order valence-electron chi connectivity index (χ0n) is 26.4. The molecule has 7 heteroatoms. The molecule has 0 heterocycles. The third-order valence-electron chi connectivity index (χ3n) is 6.53. The van der Waals surface area contributed by atoms with E-state index in [2.05, 4.69) is 13.8 Å². The minimum Gasteiger partial charge on any atom is -0.481 e. The molecular weight excluding hydrogens is 494 g/mol. The number of nitrogens with zero attached hydrogens (tertiary/aromatic N) is 1. The number of rotatable bonds is 28. The maximum Gasteiger partial charge on any atom is 0.300 e. The van der Waals surface area contributed by atoms with E-state index in [1.54, 1.807) is 4.90 Å². The first kappa shape index (κ1) is 42.7. The smallest absolute Gasteiger partial charge is 0.300 e. The summed E-state index contributed by atoms with van der Waals surface area (Å²) in [7, 11) is 0. The number of hydrogen-bond acceptors (Lipinski definition) is 6. The summed E-state index contributed by atoms with van der Waals surface area (Å²) in [6.07, 6.45) is 28.2. The molecule has 4 N–H and O–H groups in total. The Balaban J connectivity index is -0.000000760. The summed E-state index contributed by atoms with van der Waals surface area (Å²) in [6, 6.07) is 0. The normalized spacial score (nSPS) is 10.6. The molecule has 0 radical (unpaired) electrons. The summed E-state index contributed by atoms with van der Waals surface area (Å²) in [4.78, 5) is 10.8. The molecule has 7 nitrogen and oxygen atoms in total. The van der Waals surface area contributed by atoms with Gasteiger partial charge < -0.3 is 25.2 Å². The number of hydrogen-bond donors (Lipinski definition) is 4. The number of aliphatic hydroxyl groups is 3. The second-order valence-corrected chi connectivity index (χ2v) is 10.5. The molecule has 0 fully saturated rings. The number of carboxylic acids is 1. The highest BCUT2D eigenvalue weighted by atomic mass is 16.5. The molecule has 0 amide bonds. The number of aliphatic hydroxyl groups excluding tert-OH is 3. The Labute approximate surface area is 242 Å². The fraction of sp³-hybridized carbons (Fsp3) is 0.969. The van der Waals surface area contributed by atoms with Gasteiger partial charge >= 0.3 is 0 Å². The summed E-state index contributed by atoms with van der Waals surface area (Å²) in [5.41, 5.74) is 0. The Hall–Kier alpha value is -0.730. The van der Waals surface area contributed by atoms with Gasteiger partial charge in [-0.3, -0.25) is 9.69 Å². The quantitative estimate of drug-likeness (QED) is 0.0745. The first-order chi connectivity index (χ1) is 19.0. The largest absolute Gasteiger partial charge is 0.481 e. The maximum absolute atomic E-state index is 9.00. The van der Waals surface area contributed by atoms with Crippen LogP contribution in [-0.4, -0.2) is 84.0 Å². The summed E-state index contributed by atoms with van der Waals surface area (Å²) in [6.45, 7) is 9.41. The molecule has 0 aromatic rings. The zero-order chi connectivity index (χ0) is 29.7. The number of ether oxygens (including phenoxy) is 1. The predicted molar refractivity (Wildman–Crippen MR) is 166 cm³/mol. The van der Waals surface area contributed by atoms with E-state index >= 15 is 0 Å². The van der Waals surface area contributed by atoms with E-state index in [1.165, 1.54) is 128 Å². The van der Waals surface area contributed by atoms with Gasteiger partial charge in [-0.25, -0.2) is 0 Å². The van der Waals surface area contributed by atoms with Crippen molar-refractivity contribution in [1.82, 2.24) is 4.90 Å². The topological polar surface area (TPSA) is 110 Å². The Bertz CT molecular complexity index is 385. The molecule has 0 aliphatic carbocycles. The van der Waals surface area contributed by atoms with Gasteiger partial charge in [-0.1, -0.05) is 129 Å². The maximum atomic E-state index is 9.00. The number of carbonyl (C=O) groups is 1. The fourth-order valence-electron chi connectivity index (χ4n) is 4.24. The molecule has 238 valence electrons. The van der Waals surface area contributed by atoms with Crippen LogP contribution in [0.1, 0.15) is 149 Å². The monoisotopic (exact) mass is 564 g/mol. The first-order valence-electron chi connectivity index (χ1n) is 16.3. The molecule has 0 aliphatic rings. The second-order valence-electron chi connectivity index (χ2n) is 10.5. The van der Waals surface area contributed by atoms with Gasteiger partial charge in [-0.15, -0.1) is 0 Å². The predicted octanol–water partition coefficient (Wildman–Crippen LogP) is 7.20. The van der Waals surface area contributed by atoms with Gasteiger partial charge in [0.05, 0.1) is 19.8 Å². The van der Waals surface area contributed by atoms with Crippen molar-refractivity contribution in [2.24, 2.45) is 0 Å². The van der Waals surface area contributed by atoms with Crippen LogP contribution in [0.2, 0.25) is 0 Å². The molecule has 0 aliphatic heterocycles. The summed E-state index contributed by atoms with van der Waals surface area (Å²) >= 11 is 0. The highest BCUT2D eigenvalue weighted by Gasteiger charge is 2.00. The van der Waals surface area contributed by atoms with E-state index in [0.717, 1.165) is 20.1 Å². The molecule has 0 aromatic carbocycles. The molecule has 0 aromatic heterocycles. The van der Waals surface area contributed by atoms with E-state index in [4.69, 9.17) is 30.0 Å². The van der Waals surface area contributed by atoms with Crippen LogP contribution >= 0.6 is 0 Å². The lowest BCUT2D eigenvalue weighted by atomic mass is 10.1. The van der Waals surface area contributed by atoms with E-state index in [1.807, 2.05) is 0 Å². The average molecular weight is 564 g/mol. The molecule has 0 bridgehead atoms. The molecule has 39 heavy (non-hydrogen) atoms. The molecule has 0 atom stereocenters. The van der Waals surface area contributed by atoms with Crippen molar-refractivity contribution in [3.63, 3.8) is 0 Å². The molecule has 0 saturated carbocycles. The average Bonchev–Trinajstić information content (AvgIpc) is 2.90. The van der Waals surface area contributed by atoms with Crippen LogP contribution in [0.4, 0.5) is 0 Å². The summed E-state index contributed by atoms with van der Waals surface area (Å²) < 4.78 is 5.78. The van der Waals surface area contributed by atoms with E-state index in [9.17, 15) is 0 Å². The van der Waals surface area contributed by atoms with E-state index in [0.29, 0.717) is 19.6 Å². The van der Waals surface area contributed by atoms with Crippen LogP contribution in [0, 0.1) is 0 Å². The molecule has 0 saturated heterocycles. The molecular formula is C32H69NO6. The number of unbranched alkanes of at least 4 members (excludes halogenated alkanes) is 18. The SMILES string of the molecule is CC(=O)O.CCCCCCCCCCCCOCCCCCCCCCCCC.OCCN(CCO)CCO. The van der Waals surface area contributed by atoms with Crippen LogP contribution in [-0.2, 0) is 9.53 Å². The third-order valence-corrected chi connectivity index (χ3v) is 6.53. The number of carboxylic acid groups (broad SMARTS) is 1. The highest BCUT2D eigenvalue weighted by Crippen LogP contribution is 2.12. The van der Waals surface area contributed by atoms with Gasteiger partial charge in [0.25, 0.3) is 5.97 Å². The fourth-order valence-corrected chi connectivity index (χ4v) is 4.24.